The number of nitrogens with two attached hydrogens (primary N) is 1. The van der Waals surface area contributed by atoms with Crippen molar-refractivity contribution in [3.8, 4) is 0 Å². The number of amides is 2. The first-order chi connectivity index (χ1) is 8.06. The lowest BCUT2D eigenvalue weighted by atomic mass is 9.98. The van der Waals surface area contributed by atoms with Crippen LogP contribution in [0.5, 0.6) is 0 Å². The number of pyridine rings is 1. The van der Waals surface area contributed by atoms with Gasteiger partial charge in [-0.15, -0.1) is 0 Å². The van der Waals surface area contributed by atoms with Gasteiger partial charge in [0, 0.05) is 6.20 Å². The number of hydrogen-bond acceptors (Lipinski definition) is 3. The Balaban J connectivity index is 2.75. The van der Waals surface area contributed by atoms with Crippen LogP contribution in [0.3, 0.4) is 0 Å². The van der Waals surface area contributed by atoms with Crippen LogP contribution in [0.2, 0.25) is 0 Å². The molecule has 0 unspecified atom stereocenters. The normalized spacial score (nSPS) is 13.8. The summed E-state index contributed by atoms with van der Waals surface area (Å²) in [7, 11) is 0. The van der Waals surface area contributed by atoms with Gasteiger partial charge in [-0.2, -0.15) is 0 Å². The minimum atomic E-state index is -0.658. The van der Waals surface area contributed by atoms with E-state index in [1.165, 1.54) is 6.20 Å². The summed E-state index contributed by atoms with van der Waals surface area (Å²) in [5.41, 5.74) is 5.55. The standard InChI is InChI=1S/C12H17N3O2/c1-3-8(2)10(11(13)16)15-12(17)9-6-4-5-7-14-9/h4-8,10H,3H2,1-2H3,(H2,13,16)(H,15,17)/t8-,10+/m0/s1. The van der Waals surface area contributed by atoms with E-state index in [1.807, 2.05) is 13.8 Å². The Labute approximate surface area is 100 Å². The van der Waals surface area contributed by atoms with Gasteiger partial charge in [0.15, 0.2) is 0 Å². The van der Waals surface area contributed by atoms with Crippen LogP contribution in [0, 0.1) is 5.92 Å². The molecule has 1 aromatic heterocycles. The van der Waals surface area contributed by atoms with E-state index in [0.717, 1.165) is 6.42 Å². The number of aromatic nitrogens is 1. The molecule has 3 N–H and O–H groups in total. The van der Waals surface area contributed by atoms with E-state index in [2.05, 4.69) is 10.3 Å². The molecule has 2 amide bonds. The molecule has 2 atom stereocenters. The SMILES string of the molecule is CC[C@H](C)[C@@H](NC(=O)c1ccccn1)C(N)=O. The van der Waals surface area contributed by atoms with E-state index in [0.29, 0.717) is 0 Å². The molecule has 0 aliphatic carbocycles. The van der Waals surface area contributed by atoms with Crippen molar-refractivity contribution in [2.75, 3.05) is 0 Å². The third-order valence-electron chi connectivity index (χ3n) is 2.70. The maximum Gasteiger partial charge on any atom is 0.270 e. The third-order valence-corrected chi connectivity index (χ3v) is 2.70. The molecule has 0 aliphatic rings. The molecular formula is C12H17N3O2. The molecule has 1 rings (SSSR count). The van der Waals surface area contributed by atoms with Gasteiger partial charge in [0.05, 0.1) is 0 Å². The van der Waals surface area contributed by atoms with Gasteiger partial charge < -0.3 is 11.1 Å². The van der Waals surface area contributed by atoms with Gasteiger partial charge in [-0.3, -0.25) is 14.6 Å². The Hall–Kier alpha value is -1.91. The van der Waals surface area contributed by atoms with Crippen LogP contribution in [0.4, 0.5) is 0 Å². The van der Waals surface area contributed by atoms with Gasteiger partial charge in [-0.25, -0.2) is 0 Å². The second kappa shape index (κ2) is 5.98. The van der Waals surface area contributed by atoms with Crippen molar-refractivity contribution in [3.63, 3.8) is 0 Å². The largest absolute Gasteiger partial charge is 0.368 e. The van der Waals surface area contributed by atoms with E-state index in [9.17, 15) is 9.59 Å². The predicted molar refractivity (Wildman–Crippen MR) is 64.1 cm³/mol. The number of carbonyl (C=O) groups is 2. The van der Waals surface area contributed by atoms with E-state index in [1.54, 1.807) is 18.2 Å². The number of rotatable bonds is 5. The van der Waals surface area contributed by atoms with Crippen LogP contribution < -0.4 is 11.1 Å². The summed E-state index contributed by atoms with van der Waals surface area (Å²) in [6.45, 7) is 3.81. The molecule has 5 nitrogen and oxygen atoms in total. The van der Waals surface area contributed by atoms with E-state index in [-0.39, 0.29) is 17.5 Å². The number of primary amides is 1. The summed E-state index contributed by atoms with van der Waals surface area (Å²) < 4.78 is 0. The van der Waals surface area contributed by atoms with Crippen molar-refractivity contribution in [1.29, 1.82) is 0 Å². The molecule has 0 aliphatic heterocycles. The fourth-order valence-corrected chi connectivity index (χ4v) is 1.44. The van der Waals surface area contributed by atoms with Crippen molar-refractivity contribution in [3.05, 3.63) is 30.1 Å². The summed E-state index contributed by atoms with van der Waals surface area (Å²) >= 11 is 0. The number of hydrogen-bond donors (Lipinski definition) is 2. The molecule has 92 valence electrons. The molecule has 1 heterocycles. The number of nitrogens with one attached hydrogen (secondary N) is 1. The average molecular weight is 235 g/mol. The van der Waals surface area contributed by atoms with Crippen molar-refractivity contribution in [2.45, 2.75) is 26.3 Å². The molecule has 0 fully saturated rings. The van der Waals surface area contributed by atoms with Gasteiger partial charge in [0.2, 0.25) is 5.91 Å². The zero-order chi connectivity index (χ0) is 12.8. The van der Waals surface area contributed by atoms with Crippen molar-refractivity contribution in [2.24, 2.45) is 11.7 Å². The van der Waals surface area contributed by atoms with E-state index in [4.69, 9.17) is 5.73 Å². The summed E-state index contributed by atoms with van der Waals surface area (Å²) in [6, 6.07) is 4.36. The lowest BCUT2D eigenvalue weighted by molar-refractivity contribution is -0.120. The van der Waals surface area contributed by atoms with Crippen LogP contribution in [-0.4, -0.2) is 22.8 Å². The zero-order valence-corrected chi connectivity index (χ0v) is 10.0. The first-order valence-electron chi connectivity index (χ1n) is 5.57. The van der Waals surface area contributed by atoms with Crippen molar-refractivity contribution < 1.29 is 9.59 Å². The summed E-state index contributed by atoms with van der Waals surface area (Å²) in [5.74, 6) is -0.904. The zero-order valence-electron chi connectivity index (χ0n) is 10.0. The number of carbonyl (C=O) groups excluding carboxylic acids is 2. The lowest BCUT2D eigenvalue weighted by Crippen LogP contribution is -2.48. The van der Waals surface area contributed by atoms with Crippen LogP contribution in [0.25, 0.3) is 0 Å². The fraction of sp³-hybridized carbons (Fsp3) is 0.417. The quantitative estimate of drug-likeness (QED) is 0.788. The molecule has 5 heteroatoms. The van der Waals surface area contributed by atoms with E-state index < -0.39 is 11.9 Å². The first kappa shape index (κ1) is 13.2. The summed E-state index contributed by atoms with van der Waals surface area (Å²) in [4.78, 5) is 27.0. The minimum Gasteiger partial charge on any atom is -0.368 e. The van der Waals surface area contributed by atoms with Crippen LogP contribution in [-0.2, 0) is 4.79 Å². The second-order valence-corrected chi connectivity index (χ2v) is 3.95. The second-order valence-electron chi connectivity index (χ2n) is 3.95. The molecule has 0 radical (unpaired) electrons. The number of nitrogens with zero attached hydrogens (tertiary/aromatic N) is 1. The Morgan fingerprint density at radius 1 is 1.47 bits per heavy atom. The van der Waals surface area contributed by atoms with Crippen molar-refractivity contribution >= 4 is 11.8 Å². The fourth-order valence-electron chi connectivity index (χ4n) is 1.44. The Kier molecular flexibility index (Phi) is 4.63. The Morgan fingerprint density at radius 3 is 2.65 bits per heavy atom. The molecule has 0 aromatic carbocycles. The van der Waals surface area contributed by atoms with Gasteiger partial charge in [-0.1, -0.05) is 26.3 Å². The molecule has 17 heavy (non-hydrogen) atoms. The average Bonchev–Trinajstić information content (AvgIpc) is 2.35. The third kappa shape index (κ3) is 3.55. The highest BCUT2D eigenvalue weighted by molar-refractivity contribution is 5.95. The highest BCUT2D eigenvalue weighted by atomic mass is 16.2. The molecule has 0 saturated heterocycles. The molecule has 0 bridgehead atoms. The Bertz CT molecular complexity index is 392. The van der Waals surface area contributed by atoms with Gasteiger partial charge in [0.1, 0.15) is 11.7 Å². The van der Waals surface area contributed by atoms with Gasteiger partial charge >= 0.3 is 0 Å². The molecular weight excluding hydrogens is 218 g/mol. The lowest BCUT2D eigenvalue weighted by Gasteiger charge is -2.20. The highest BCUT2D eigenvalue weighted by Gasteiger charge is 2.24. The predicted octanol–water partition coefficient (Wildman–Crippen LogP) is 0.711. The maximum atomic E-state index is 11.8. The first-order valence-corrected chi connectivity index (χ1v) is 5.57. The van der Waals surface area contributed by atoms with Gasteiger partial charge in [0.25, 0.3) is 5.91 Å². The van der Waals surface area contributed by atoms with Gasteiger partial charge in [-0.05, 0) is 18.1 Å². The molecule has 0 saturated carbocycles. The molecule has 1 aromatic rings. The van der Waals surface area contributed by atoms with Crippen molar-refractivity contribution in [1.82, 2.24) is 10.3 Å². The maximum absolute atomic E-state index is 11.8. The highest BCUT2D eigenvalue weighted by Crippen LogP contribution is 2.08. The topological polar surface area (TPSA) is 85.1 Å². The van der Waals surface area contributed by atoms with Crippen LogP contribution in [0.1, 0.15) is 30.8 Å². The monoisotopic (exact) mass is 235 g/mol. The summed E-state index contributed by atoms with van der Waals surface area (Å²) in [5, 5.41) is 2.61. The Morgan fingerprint density at radius 2 is 2.18 bits per heavy atom. The molecule has 0 spiro atoms. The minimum absolute atomic E-state index is 0.000150. The smallest absolute Gasteiger partial charge is 0.270 e. The van der Waals surface area contributed by atoms with Crippen LogP contribution in [0.15, 0.2) is 24.4 Å². The van der Waals surface area contributed by atoms with Crippen LogP contribution >= 0.6 is 0 Å². The van der Waals surface area contributed by atoms with E-state index >= 15 is 0 Å². The summed E-state index contributed by atoms with van der Waals surface area (Å²) in [6.07, 6.45) is 2.29.